The van der Waals surface area contributed by atoms with E-state index in [1.807, 2.05) is 12.1 Å². The second-order valence-corrected chi connectivity index (χ2v) is 5.01. The highest BCUT2D eigenvalue weighted by Crippen LogP contribution is 2.21. The van der Waals surface area contributed by atoms with Crippen molar-refractivity contribution < 1.29 is 4.79 Å². The van der Waals surface area contributed by atoms with Gasteiger partial charge in [-0.25, -0.2) is 15.0 Å². The first-order valence-electron chi connectivity index (χ1n) is 7.07. The number of carbonyl (C=O) groups is 1. The lowest BCUT2D eigenvalue weighted by Crippen LogP contribution is -2.39. The fraction of sp³-hybridized carbons (Fsp3) is 0.333. The van der Waals surface area contributed by atoms with E-state index in [0.29, 0.717) is 5.82 Å². The zero-order valence-corrected chi connectivity index (χ0v) is 11.6. The molecule has 2 aromatic heterocycles. The van der Waals surface area contributed by atoms with Gasteiger partial charge in [0.2, 0.25) is 11.9 Å². The van der Waals surface area contributed by atoms with E-state index < -0.39 is 0 Å². The smallest absolute Gasteiger partial charge is 0.228 e. The molecule has 1 amide bonds. The second kappa shape index (κ2) is 6.30. The number of hydrogen-bond donors (Lipinski definition) is 1. The molecule has 0 atom stereocenters. The quantitative estimate of drug-likeness (QED) is 0.928. The molecule has 1 fully saturated rings. The molecule has 0 spiro atoms. The van der Waals surface area contributed by atoms with E-state index >= 15 is 0 Å². The summed E-state index contributed by atoms with van der Waals surface area (Å²) < 4.78 is 0. The van der Waals surface area contributed by atoms with Crippen molar-refractivity contribution in [2.45, 2.75) is 12.8 Å². The minimum atomic E-state index is 0.0203. The lowest BCUT2D eigenvalue weighted by Gasteiger charge is -2.31. The van der Waals surface area contributed by atoms with Crippen molar-refractivity contribution in [2.24, 2.45) is 5.92 Å². The van der Waals surface area contributed by atoms with Crippen molar-refractivity contribution >= 4 is 17.7 Å². The predicted octanol–water partition coefficient (Wildman–Crippen LogP) is 1.73. The number of nitrogens with zero attached hydrogens (tertiary/aromatic N) is 4. The number of pyridine rings is 1. The van der Waals surface area contributed by atoms with Gasteiger partial charge >= 0.3 is 0 Å². The van der Waals surface area contributed by atoms with E-state index in [1.54, 1.807) is 30.7 Å². The van der Waals surface area contributed by atoms with Gasteiger partial charge in [-0.1, -0.05) is 6.07 Å². The maximum absolute atomic E-state index is 12.2. The highest BCUT2D eigenvalue weighted by atomic mass is 16.1. The average Bonchev–Trinajstić information content (AvgIpc) is 2.57. The Morgan fingerprint density at radius 3 is 2.43 bits per heavy atom. The molecule has 1 aliphatic rings. The molecule has 3 heterocycles. The third-order valence-electron chi connectivity index (χ3n) is 3.62. The maximum atomic E-state index is 12.2. The summed E-state index contributed by atoms with van der Waals surface area (Å²) in [6, 6.07) is 7.29. The molecule has 0 radical (unpaired) electrons. The molecule has 21 heavy (non-hydrogen) atoms. The highest BCUT2D eigenvalue weighted by Gasteiger charge is 2.26. The SMILES string of the molecule is O=C(Nc1ccccn1)C1CCN(c2ncccn2)CC1. The van der Waals surface area contributed by atoms with Crippen molar-refractivity contribution in [3.8, 4) is 0 Å². The summed E-state index contributed by atoms with van der Waals surface area (Å²) in [5.74, 6) is 1.41. The van der Waals surface area contributed by atoms with Crippen LogP contribution < -0.4 is 10.2 Å². The Morgan fingerprint density at radius 1 is 1.05 bits per heavy atom. The molecule has 6 heteroatoms. The van der Waals surface area contributed by atoms with Crippen LogP contribution in [0.3, 0.4) is 0 Å². The van der Waals surface area contributed by atoms with Crippen molar-refractivity contribution in [2.75, 3.05) is 23.3 Å². The fourth-order valence-corrected chi connectivity index (χ4v) is 2.46. The Morgan fingerprint density at radius 2 is 1.76 bits per heavy atom. The Bertz CT molecular complexity index is 582. The maximum Gasteiger partial charge on any atom is 0.228 e. The number of nitrogens with one attached hydrogen (secondary N) is 1. The van der Waals surface area contributed by atoms with Gasteiger partial charge in [0.05, 0.1) is 0 Å². The number of rotatable bonds is 3. The van der Waals surface area contributed by atoms with E-state index in [2.05, 4.69) is 25.2 Å². The zero-order valence-electron chi connectivity index (χ0n) is 11.6. The van der Waals surface area contributed by atoms with Crippen LogP contribution in [-0.4, -0.2) is 33.9 Å². The van der Waals surface area contributed by atoms with Crippen molar-refractivity contribution in [3.05, 3.63) is 42.9 Å². The monoisotopic (exact) mass is 283 g/mol. The number of piperidine rings is 1. The third-order valence-corrected chi connectivity index (χ3v) is 3.62. The number of amides is 1. The number of anilines is 2. The Kier molecular flexibility index (Phi) is 4.04. The van der Waals surface area contributed by atoms with E-state index in [9.17, 15) is 4.79 Å². The lowest BCUT2D eigenvalue weighted by molar-refractivity contribution is -0.120. The molecule has 0 aromatic carbocycles. The Balaban J connectivity index is 1.55. The van der Waals surface area contributed by atoms with Crippen LogP contribution in [0.15, 0.2) is 42.9 Å². The van der Waals surface area contributed by atoms with Crippen molar-refractivity contribution in [1.29, 1.82) is 0 Å². The molecule has 1 saturated heterocycles. The van der Waals surface area contributed by atoms with Crippen LogP contribution >= 0.6 is 0 Å². The summed E-state index contributed by atoms with van der Waals surface area (Å²) in [5.41, 5.74) is 0. The third kappa shape index (κ3) is 3.34. The van der Waals surface area contributed by atoms with Crippen LogP contribution in [-0.2, 0) is 4.79 Å². The molecule has 1 N–H and O–H groups in total. The Labute approximate surface area is 123 Å². The van der Waals surface area contributed by atoms with Gasteiger partial charge in [-0.2, -0.15) is 0 Å². The van der Waals surface area contributed by atoms with Crippen LogP contribution in [0, 0.1) is 5.92 Å². The highest BCUT2D eigenvalue weighted by molar-refractivity contribution is 5.91. The first kappa shape index (κ1) is 13.5. The minimum absolute atomic E-state index is 0.0203. The van der Waals surface area contributed by atoms with Gasteiger partial charge in [0.25, 0.3) is 0 Å². The van der Waals surface area contributed by atoms with E-state index in [0.717, 1.165) is 31.9 Å². The van der Waals surface area contributed by atoms with Gasteiger partial charge in [0, 0.05) is 37.6 Å². The molecular weight excluding hydrogens is 266 g/mol. The molecule has 0 saturated carbocycles. The topological polar surface area (TPSA) is 71.0 Å². The molecule has 108 valence electrons. The van der Waals surface area contributed by atoms with Crippen molar-refractivity contribution in [3.63, 3.8) is 0 Å². The van der Waals surface area contributed by atoms with Gasteiger partial charge in [-0.3, -0.25) is 4.79 Å². The van der Waals surface area contributed by atoms with E-state index in [4.69, 9.17) is 0 Å². The molecular formula is C15H17N5O. The summed E-state index contributed by atoms with van der Waals surface area (Å²) in [5, 5.41) is 2.87. The average molecular weight is 283 g/mol. The van der Waals surface area contributed by atoms with E-state index in [1.165, 1.54) is 0 Å². The molecule has 3 rings (SSSR count). The normalized spacial score (nSPS) is 15.7. The first-order valence-corrected chi connectivity index (χ1v) is 7.07. The predicted molar refractivity (Wildman–Crippen MR) is 79.8 cm³/mol. The summed E-state index contributed by atoms with van der Waals surface area (Å²) in [4.78, 5) is 26.9. The summed E-state index contributed by atoms with van der Waals surface area (Å²) in [6.07, 6.45) is 6.75. The van der Waals surface area contributed by atoms with Gasteiger partial charge in [-0.15, -0.1) is 0 Å². The summed E-state index contributed by atoms with van der Waals surface area (Å²) >= 11 is 0. The molecule has 0 unspecified atom stereocenters. The van der Waals surface area contributed by atoms with Gasteiger partial charge in [0.1, 0.15) is 5.82 Å². The summed E-state index contributed by atoms with van der Waals surface area (Å²) in [7, 11) is 0. The second-order valence-electron chi connectivity index (χ2n) is 5.01. The van der Waals surface area contributed by atoms with Crippen LogP contribution in [0.4, 0.5) is 11.8 Å². The molecule has 6 nitrogen and oxygen atoms in total. The van der Waals surface area contributed by atoms with Gasteiger partial charge in [0.15, 0.2) is 0 Å². The van der Waals surface area contributed by atoms with Gasteiger partial charge < -0.3 is 10.2 Å². The number of aromatic nitrogens is 3. The van der Waals surface area contributed by atoms with Gasteiger partial charge in [-0.05, 0) is 31.0 Å². The summed E-state index contributed by atoms with van der Waals surface area (Å²) in [6.45, 7) is 1.59. The zero-order chi connectivity index (χ0) is 14.5. The van der Waals surface area contributed by atoms with Crippen LogP contribution in [0.1, 0.15) is 12.8 Å². The fourth-order valence-electron chi connectivity index (χ4n) is 2.46. The molecule has 1 aliphatic heterocycles. The Hall–Kier alpha value is -2.50. The van der Waals surface area contributed by atoms with Crippen LogP contribution in [0.5, 0.6) is 0 Å². The van der Waals surface area contributed by atoms with Crippen LogP contribution in [0.2, 0.25) is 0 Å². The minimum Gasteiger partial charge on any atom is -0.341 e. The standard InChI is InChI=1S/C15H17N5O/c21-14(19-13-4-1-2-7-16-13)12-5-10-20(11-6-12)15-17-8-3-9-18-15/h1-4,7-9,12H,5-6,10-11H2,(H,16,19,21). The van der Waals surface area contributed by atoms with E-state index in [-0.39, 0.29) is 11.8 Å². The molecule has 0 bridgehead atoms. The lowest BCUT2D eigenvalue weighted by atomic mass is 9.96. The molecule has 2 aromatic rings. The largest absolute Gasteiger partial charge is 0.341 e. The van der Waals surface area contributed by atoms with Crippen LogP contribution in [0.25, 0.3) is 0 Å². The number of hydrogen-bond acceptors (Lipinski definition) is 5. The number of carbonyl (C=O) groups excluding carboxylic acids is 1. The van der Waals surface area contributed by atoms with Crippen molar-refractivity contribution in [1.82, 2.24) is 15.0 Å². The first-order chi connectivity index (χ1) is 10.3. The molecule has 0 aliphatic carbocycles.